The normalized spacial score (nSPS) is 15.4. The summed E-state index contributed by atoms with van der Waals surface area (Å²) in [6, 6.07) is -0.269. The molecule has 0 saturated heterocycles. The minimum Gasteiger partial charge on any atom is -0.423 e. The van der Waals surface area contributed by atoms with Gasteiger partial charge in [-0.3, -0.25) is 0 Å². The summed E-state index contributed by atoms with van der Waals surface area (Å²) < 4.78 is 10.6. The van der Waals surface area contributed by atoms with Crippen molar-refractivity contribution in [2.24, 2.45) is 0 Å². The van der Waals surface area contributed by atoms with Crippen LogP contribution in [0, 0.1) is 13.8 Å². The standard InChI is InChI=1S/C15H21N5O3/c1-8(13-9(2)20-23-10(13)3)6-16-15(21)17-7-12-18-19-14(22-12)11-4-5-11/h8,11H,4-7H2,1-3H3,(H2,16,17,21). The average Bonchev–Trinajstić information content (AvgIpc) is 3.18. The molecule has 3 rings (SSSR count). The van der Waals surface area contributed by atoms with Gasteiger partial charge in [0.25, 0.3) is 0 Å². The van der Waals surface area contributed by atoms with Gasteiger partial charge in [0, 0.05) is 23.9 Å². The number of carbonyl (C=O) groups excluding carboxylic acids is 1. The zero-order valence-corrected chi connectivity index (χ0v) is 13.5. The molecular formula is C15H21N5O3. The first-order valence-electron chi connectivity index (χ1n) is 7.81. The van der Waals surface area contributed by atoms with Gasteiger partial charge in [-0.15, -0.1) is 10.2 Å². The second-order valence-electron chi connectivity index (χ2n) is 6.01. The predicted octanol–water partition coefficient (Wildman–Crippen LogP) is 2.15. The van der Waals surface area contributed by atoms with E-state index in [0.29, 0.717) is 24.2 Å². The molecule has 2 amide bonds. The maximum atomic E-state index is 11.9. The summed E-state index contributed by atoms with van der Waals surface area (Å²) in [6.45, 7) is 6.51. The Morgan fingerprint density at radius 3 is 2.74 bits per heavy atom. The summed E-state index contributed by atoms with van der Waals surface area (Å²) in [4.78, 5) is 11.9. The Kier molecular flexibility index (Phi) is 4.31. The first-order valence-corrected chi connectivity index (χ1v) is 7.81. The van der Waals surface area contributed by atoms with Gasteiger partial charge in [-0.2, -0.15) is 0 Å². The van der Waals surface area contributed by atoms with Crippen LogP contribution in [-0.4, -0.2) is 27.9 Å². The van der Waals surface area contributed by atoms with Crippen LogP contribution < -0.4 is 10.6 Å². The molecule has 1 atom stereocenters. The van der Waals surface area contributed by atoms with E-state index in [2.05, 4.69) is 26.0 Å². The smallest absolute Gasteiger partial charge is 0.315 e. The van der Waals surface area contributed by atoms with Gasteiger partial charge >= 0.3 is 6.03 Å². The summed E-state index contributed by atoms with van der Waals surface area (Å²) in [5.41, 5.74) is 1.90. The van der Waals surface area contributed by atoms with Crippen molar-refractivity contribution in [2.75, 3.05) is 6.54 Å². The molecule has 0 aliphatic heterocycles. The maximum absolute atomic E-state index is 11.9. The minimum atomic E-state index is -0.269. The fraction of sp³-hybridized carbons (Fsp3) is 0.600. The second-order valence-corrected chi connectivity index (χ2v) is 6.01. The van der Waals surface area contributed by atoms with Crippen molar-refractivity contribution >= 4 is 6.03 Å². The summed E-state index contributed by atoms with van der Waals surface area (Å²) in [7, 11) is 0. The SMILES string of the molecule is Cc1noc(C)c1C(C)CNC(=O)NCc1nnc(C2CC2)o1. The average molecular weight is 319 g/mol. The lowest BCUT2D eigenvalue weighted by Crippen LogP contribution is -2.37. The maximum Gasteiger partial charge on any atom is 0.315 e. The number of hydrogen-bond acceptors (Lipinski definition) is 6. The monoisotopic (exact) mass is 319 g/mol. The molecule has 1 unspecified atom stereocenters. The molecule has 1 aliphatic rings. The van der Waals surface area contributed by atoms with Gasteiger partial charge in [0.05, 0.1) is 12.2 Å². The molecule has 0 bridgehead atoms. The third-order valence-electron chi connectivity index (χ3n) is 3.96. The van der Waals surface area contributed by atoms with Crippen molar-refractivity contribution in [3.63, 3.8) is 0 Å². The van der Waals surface area contributed by atoms with E-state index >= 15 is 0 Å². The van der Waals surface area contributed by atoms with Crippen molar-refractivity contribution in [2.45, 2.75) is 52.0 Å². The molecule has 8 heteroatoms. The number of carbonyl (C=O) groups is 1. The summed E-state index contributed by atoms with van der Waals surface area (Å²) in [6.07, 6.45) is 2.21. The summed E-state index contributed by atoms with van der Waals surface area (Å²) in [5.74, 6) is 2.43. The highest BCUT2D eigenvalue weighted by Gasteiger charge is 2.29. The Labute approximate surface area is 134 Å². The number of urea groups is 1. The molecule has 1 saturated carbocycles. The first kappa shape index (κ1) is 15.5. The number of amides is 2. The van der Waals surface area contributed by atoms with Crippen molar-refractivity contribution in [3.8, 4) is 0 Å². The van der Waals surface area contributed by atoms with Crippen molar-refractivity contribution in [1.29, 1.82) is 0 Å². The van der Waals surface area contributed by atoms with Gasteiger partial charge in [-0.1, -0.05) is 12.1 Å². The van der Waals surface area contributed by atoms with Crippen molar-refractivity contribution in [1.82, 2.24) is 26.0 Å². The number of nitrogens with one attached hydrogen (secondary N) is 2. The van der Waals surface area contributed by atoms with Gasteiger partial charge in [-0.25, -0.2) is 4.79 Å². The molecule has 23 heavy (non-hydrogen) atoms. The van der Waals surface area contributed by atoms with E-state index in [9.17, 15) is 4.79 Å². The van der Waals surface area contributed by atoms with Crippen LogP contribution in [0.5, 0.6) is 0 Å². The molecule has 0 aromatic carbocycles. The molecule has 0 spiro atoms. The third-order valence-corrected chi connectivity index (χ3v) is 3.96. The Hall–Kier alpha value is -2.38. The largest absolute Gasteiger partial charge is 0.423 e. The molecule has 1 fully saturated rings. The van der Waals surface area contributed by atoms with E-state index in [1.165, 1.54) is 0 Å². The lowest BCUT2D eigenvalue weighted by molar-refractivity contribution is 0.238. The molecule has 2 N–H and O–H groups in total. The molecule has 2 heterocycles. The van der Waals surface area contributed by atoms with E-state index < -0.39 is 0 Å². The van der Waals surface area contributed by atoms with Crippen LogP contribution in [0.2, 0.25) is 0 Å². The van der Waals surface area contributed by atoms with Crippen LogP contribution in [0.25, 0.3) is 0 Å². The highest BCUT2D eigenvalue weighted by Crippen LogP contribution is 2.38. The van der Waals surface area contributed by atoms with Crippen molar-refractivity contribution < 1.29 is 13.7 Å². The fourth-order valence-corrected chi connectivity index (χ4v) is 2.59. The highest BCUT2D eigenvalue weighted by atomic mass is 16.5. The third kappa shape index (κ3) is 3.69. The zero-order chi connectivity index (χ0) is 16.4. The van der Waals surface area contributed by atoms with E-state index in [4.69, 9.17) is 8.94 Å². The number of rotatable bonds is 6. The van der Waals surface area contributed by atoms with Gasteiger partial charge in [0.15, 0.2) is 0 Å². The summed E-state index contributed by atoms with van der Waals surface area (Å²) in [5, 5.41) is 17.4. The Morgan fingerprint density at radius 1 is 1.30 bits per heavy atom. The van der Waals surface area contributed by atoms with Gasteiger partial charge in [0.1, 0.15) is 5.76 Å². The Balaban J connectivity index is 1.43. The van der Waals surface area contributed by atoms with Crippen LogP contribution in [0.4, 0.5) is 4.79 Å². The molecule has 124 valence electrons. The van der Waals surface area contributed by atoms with Crippen LogP contribution in [-0.2, 0) is 6.54 Å². The van der Waals surface area contributed by atoms with Crippen LogP contribution in [0.3, 0.4) is 0 Å². The van der Waals surface area contributed by atoms with Crippen LogP contribution in [0.15, 0.2) is 8.94 Å². The van der Waals surface area contributed by atoms with Gasteiger partial charge < -0.3 is 19.6 Å². The number of hydrogen-bond donors (Lipinski definition) is 2. The zero-order valence-electron chi connectivity index (χ0n) is 13.5. The Morgan fingerprint density at radius 2 is 2.09 bits per heavy atom. The van der Waals surface area contributed by atoms with Gasteiger partial charge in [0.2, 0.25) is 11.8 Å². The quantitative estimate of drug-likeness (QED) is 0.845. The highest BCUT2D eigenvalue weighted by molar-refractivity contribution is 5.73. The van der Waals surface area contributed by atoms with E-state index in [0.717, 1.165) is 29.9 Å². The van der Waals surface area contributed by atoms with E-state index in [1.807, 2.05) is 20.8 Å². The van der Waals surface area contributed by atoms with E-state index in [1.54, 1.807) is 0 Å². The molecule has 2 aromatic heterocycles. The number of aryl methyl sites for hydroxylation is 2. The minimum absolute atomic E-state index is 0.122. The molecular weight excluding hydrogens is 298 g/mol. The number of nitrogens with zero attached hydrogens (tertiary/aromatic N) is 3. The molecule has 0 radical (unpaired) electrons. The number of aromatic nitrogens is 3. The predicted molar refractivity (Wildman–Crippen MR) is 80.9 cm³/mol. The topological polar surface area (TPSA) is 106 Å². The lowest BCUT2D eigenvalue weighted by atomic mass is 10.00. The summed E-state index contributed by atoms with van der Waals surface area (Å²) >= 11 is 0. The first-order chi connectivity index (χ1) is 11.0. The molecule has 1 aliphatic carbocycles. The molecule has 8 nitrogen and oxygen atoms in total. The van der Waals surface area contributed by atoms with Crippen LogP contribution in [0.1, 0.15) is 60.4 Å². The van der Waals surface area contributed by atoms with Gasteiger partial charge in [-0.05, 0) is 26.7 Å². The Bertz CT molecular complexity index is 670. The lowest BCUT2D eigenvalue weighted by Gasteiger charge is -2.12. The van der Waals surface area contributed by atoms with Crippen molar-refractivity contribution in [3.05, 3.63) is 28.8 Å². The molecule has 2 aromatic rings. The van der Waals surface area contributed by atoms with Crippen LogP contribution >= 0.6 is 0 Å². The van der Waals surface area contributed by atoms with E-state index in [-0.39, 0.29) is 18.5 Å². The fourth-order valence-electron chi connectivity index (χ4n) is 2.59. The second kappa shape index (κ2) is 6.39.